The normalized spacial score (nSPS) is 10.6. The summed E-state index contributed by atoms with van der Waals surface area (Å²) >= 11 is 3.27. The minimum atomic E-state index is -0.381. The van der Waals surface area contributed by atoms with Crippen LogP contribution in [0, 0.1) is 0 Å². The number of nitrogens with zero attached hydrogens (tertiary/aromatic N) is 3. The summed E-state index contributed by atoms with van der Waals surface area (Å²) in [4.78, 5) is 33.0. The van der Waals surface area contributed by atoms with Crippen molar-refractivity contribution in [2.75, 3.05) is 5.43 Å². The summed E-state index contributed by atoms with van der Waals surface area (Å²) in [5.74, 6) is -0.105. The first-order valence-corrected chi connectivity index (χ1v) is 8.06. The van der Waals surface area contributed by atoms with E-state index in [4.69, 9.17) is 0 Å². The average molecular weight is 388 g/mol. The summed E-state index contributed by atoms with van der Waals surface area (Å²) in [6, 6.07) is 8.72. The smallest absolute Gasteiger partial charge is 0.271 e. The van der Waals surface area contributed by atoms with Crippen LogP contribution in [0.1, 0.15) is 17.3 Å². The fraction of sp³-hybridized carbons (Fsp3) is 0.125. The number of para-hydroxylation sites is 1. The molecule has 122 valence electrons. The molecule has 8 heteroatoms. The minimum Gasteiger partial charge on any atom is -0.277 e. The van der Waals surface area contributed by atoms with Gasteiger partial charge in [0.15, 0.2) is 0 Å². The Morgan fingerprint density at radius 3 is 2.83 bits per heavy atom. The molecule has 1 aromatic carbocycles. The van der Waals surface area contributed by atoms with Crippen LogP contribution in [0.4, 0.5) is 5.95 Å². The molecule has 2 heterocycles. The standard InChI is InChI=1S/C16H14BrN5O2/c1-2-22-15(24)12-5-3-4-6-13(12)19-16(22)21-20-14(23)10-7-11(17)9-18-8-10/h3-9H,2H2,1H3,(H,19,21)(H,20,23). The first-order valence-electron chi connectivity index (χ1n) is 7.26. The monoisotopic (exact) mass is 387 g/mol. The van der Waals surface area contributed by atoms with E-state index in [1.807, 2.05) is 6.92 Å². The highest BCUT2D eigenvalue weighted by atomic mass is 79.9. The molecule has 0 saturated carbocycles. The lowest BCUT2D eigenvalue weighted by Crippen LogP contribution is -2.34. The van der Waals surface area contributed by atoms with Crippen molar-refractivity contribution in [3.8, 4) is 0 Å². The summed E-state index contributed by atoms with van der Waals surface area (Å²) in [7, 11) is 0. The number of carbonyl (C=O) groups excluding carboxylic acids is 1. The van der Waals surface area contributed by atoms with Gasteiger partial charge in [-0.3, -0.25) is 30.0 Å². The Labute approximate surface area is 145 Å². The predicted octanol–water partition coefficient (Wildman–Crippen LogP) is 2.33. The molecule has 0 saturated heterocycles. The zero-order valence-electron chi connectivity index (χ0n) is 12.8. The largest absolute Gasteiger partial charge is 0.277 e. The molecular formula is C16H14BrN5O2. The zero-order valence-corrected chi connectivity index (χ0v) is 14.4. The van der Waals surface area contributed by atoms with Gasteiger partial charge in [-0.15, -0.1) is 0 Å². The van der Waals surface area contributed by atoms with Crippen molar-refractivity contribution in [3.63, 3.8) is 0 Å². The van der Waals surface area contributed by atoms with E-state index in [9.17, 15) is 9.59 Å². The molecule has 3 rings (SSSR count). The van der Waals surface area contributed by atoms with Crippen LogP contribution in [0.25, 0.3) is 10.9 Å². The summed E-state index contributed by atoms with van der Waals surface area (Å²) in [5.41, 5.74) is 6.04. The molecule has 0 aliphatic rings. The van der Waals surface area contributed by atoms with E-state index >= 15 is 0 Å². The van der Waals surface area contributed by atoms with Crippen molar-refractivity contribution in [3.05, 3.63) is 63.1 Å². The minimum absolute atomic E-state index is 0.163. The summed E-state index contributed by atoms with van der Waals surface area (Å²) < 4.78 is 2.16. The van der Waals surface area contributed by atoms with Crippen LogP contribution in [0.5, 0.6) is 0 Å². The van der Waals surface area contributed by atoms with Crippen molar-refractivity contribution in [2.24, 2.45) is 0 Å². The van der Waals surface area contributed by atoms with Gasteiger partial charge >= 0.3 is 0 Å². The number of anilines is 1. The van der Waals surface area contributed by atoms with Crippen LogP contribution in [0.15, 0.2) is 52.0 Å². The van der Waals surface area contributed by atoms with Crippen molar-refractivity contribution in [2.45, 2.75) is 13.5 Å². The molecule has 3 aromatic rings. The number of carbonyl (C=O) groups is 1. The van der Waals surface area contributed by atoms with Gasteiger partial charge in [0, 0.05) is 23.4 Å². The maximum Gasteiger partial charge on any atom is 0.271 e. The van der Waals surface area contributed by atoms with Crippen LogP contribution < -0.4 is 16.4 Å². The molecule has 0 fully saturated rings. The number of fused-ring (bicyclic) bond motifs is 1. The Morgan fingerprint density at radius 2 is 2.08 bits per heavy atom. The van der Waals surface area contributed by atoms with E-state index in [0.29, 0.717) is 27.5 Å². The second kappa shape index (κ2) is 6.79. The molecule has 0 radical (unpaired) electrons. The van der Waals surface area contributed by atoms with Gasteiger partial charge in [0.2, 0.25) is 5.95 Å². The summed E-state index contributed by atoms with van der Waals surface area (Å²) in [6.45, 7) is 2.26. The second-order valence-corrected chi connectivity index (χ2v) is 5.89. The SMILES string of the molecule is CCn1c(NNC(=O)c2cncc(Br)c2)nc2ccccc2c1=O. The van der Waals surface area contributed by atoms with E-state index in [2.05, 4.69) is 36.7 Å². The maximum absolute atomic E-state index is 12.5. The number of hydrogen-bond donors (Lipinski definition) is 2. The van der Waals surface area contributed by atoms with E-state index in [1.54, 1.807) is 36.5 Å². The molecule has 2 N–H and O–H groups in total. The van der Waals surface area contributed by atoms with Gasteiger partial charge in [-0.05, 0) is 41.1 Å². The van der Waals surface area contributed by atoms with Crippen molar-refractivity contribution in [1.82, 2.24) is 20.0 Å². The predicted molar refractivity (Wildman–Crippen MR) is 94.7 cm³/mol. The molecule has 0 spiro atoms. The van der Waals surface area contributed by atoms with Crippen molar-refractivity contribution >= 4 is 38.7 Å². The Morgan fingerprint density at radius 1 is 1.29 bits per heavy atom. The molecule has 0 atom stereocenters. The zero-order chi connectivity index (χ0) is 17.1. The third kappa shape index (κ3) is 3.13. The summed E-state index contributed by atoms with van der Waals surface area (Å²) in [6.07, 6.45) is 3.03. The van der Waals surface area contributed by atoms with E-state index in [1.165, 1.54) is 10.8 Å². The molecule has 0 aliphatic carbocycles. The number of aromatic nitrogens is 3. The Bertz CT molecular complexity index is 970. The van der Waals surface area contributed by atoms with E-state index < -0.39 is 0 Å². The van der Waals surface area contributed by atoms with E-state index in [-0.39, 0.29) is 17.4 Å². The number of amides is 1. The third-order valence-electron chi connectivity index (χ3n) is 3.43. The van der Waals surface area contributed by atoms with Gasteiger partial charge in [0.25, 0.3) is 11.5 Å². The number of hydrazine groups is 1. The highest BCUT2D eigenvalue weighted by molar-refractivity contribution is 9.10. The van der Waals surface area contributed by atoms with Gasteiger partial charge in [-0.2, -0.15) is 0 Å². The molecule has 24 heavy (non-hydrogen) atoms. The van der Waals surface area contributed by atoms with Crippen LogP contribution in [0.3, 0.4) is 0 Å². The first-order chi connectivity index (χ1) is 11.6. The second-order valence-electron chi connectivity index (χ2n) is 4.97. The van der Waals surface area contributed by atoms with Crippen LogP contribution in [-0.4, -0.2) is 20.4 Å². The Hall–Kier alpha value is -2.74. The number of benzene rings is 1. The van der Waals surface area contributed by atoms with Gasteiger partial charge < -0.3 is 0 Å². The number of hydrogen-bond acceptors (Lipinski definition) is 5. The lowest BCUT2D eigenvalue weighted by atomic mass is 10.2. The Balaban J connectivity index is 1.90. The van der Waals surface area contributed by atoms with Crippen LogP contribution in [0.2, 0.25) is 0 Å². The summed E-state index contributed by atoms with van der Waals surface area (Å²) in [5, 5.41) is 0.535. The van der Waals surface area contributed by atoms with Crippen molar-refractivity contribution in [1.29, 1.82) is 0 Å². The van der Waals surface area contributed by atoms with Crippen molar-refractivity contribution < 1.29 is 4.79 Å². The Kier molecular flexibility index (Phi) is 4.57. The molecule has 0 bridgehead atoms. The van der Waals surface area contributed by atoms with Gasteiger partial charge in [0.1, 0.15) is 0 Å². The molecule has 7 nitrogen and oxygen atoms in total. The number of pyridine rings is 1. The lowest BCUT2D eigenvalue weighted by Gasteiger charge is -2.14. The average Bonchev–Trinajstić information content (AvgIpc) is 2.60. The molecule has 2 aromatic heterocycles. The number of rotatable bonds is 4. The van der Waals surface area contributed by atoms with Crippen LogP contribution >= 0.6 is 15.9 Å². The quantitative estimate of drug-likeness (QED) is 0.670. The molecular weight excluding hydrogens is 374 g/mol. The first kappa shape index (κ1) is 16.1. The highest BCUT2D eigenvalue weighted by Crippen LogP contribution is 2.11. The maximum atomic E-state index is 12.5. The molecule has 0 unspecified atom stereocenters. The molecule has 0 aliphatic heterocycles. The highest BCUT2D eigenvalue weighted by Gasteiger charge is 2.11. The van der Waals surface area contributed by atoms with E-state index in [0.717, 1.165) is 0 Å². The lowest BCUT2D eigenvalue weighted by molar-refractivity contribution is 0.0961. The third-order valence-corrected chi connectivity index (χ3v) is 3.87. The van der Waals surface area contributed by atoms with Crippen LogP contribution in [-0.2, 0) is 6.54 Å². The van der Waals surface area contributed by atoms with Gasteiger partial charge in [-0.1, -0.05) is 12.1 Å². The van der Waals surface area contributed by atoms with Gasteiger partial charge in [0.05, 0.1) is 16.5 Å². The molecule has 1 amide bonds. The topological polar surface area (TPSA) is 88.9 Å². The number of nitrogens with one attached hydrogen (secondary N) is 2. The fourth-order valence-electron chi connectivity index (χ4n) is 2.28. The fourth-order valence-corrected chi connectivity index (χ4v) is 2.64. The van der Waals surface area contributed by atoms with Gasteiger partial charge in [-0.25, -0.2) is 4.98 Å². The number of halogens is 1.